The lowest BCUT2D eigenvalue weighted by Crippen LogP contribution is -2.34. The normalized spacial score (nSPS) is 38.0. The van der Waals surface area contributed by atoms with Gasteiger partial charge in [-0.25, -0.2) is 0 Å². The van der Waals surface area contributed by atoms with Crippen LogP contribution in [-0.2, 0) is 0 Å². The highest BCUT2D eigenvalue weighted by Gasteiger charge is 2.53. The molecule has 0 radical (unpaired) electrons. The van der Waals surface area contributed by atoms with Crippen LogP contribution < -0.4 is 10.1 Å². The second kappa shape index (κ2) is 4.94. The van der Waals surface area contributed by atoms with Crippen LogP contribution in [-0.4, -0.2) is 13.2 Å². The van der Waals surface area contributed by atoms with Crippen LogP contribution in [0.2, 0.25) is 0 Å². The van der Waals surface area contributed by atoms with Crippen LogP contribution in [0.25, 0.3) is 0 Å². The molecule has 2 nitrogen and oxygen atoms in total. The molecule has 0 amide bonds. The van der Waals surface area contributed by atoms with Crippen LogP contribution >= 0.6 is 15.9 Å². The number of halogens is 1. The van der Waals surface area contributed by atoms with Crippen LogP contribution in [0.3, 0.4) is 0 Å². The third-order valence-electron chi connectivity index (χ3n) is 5.93. The van der Waals surface area contributed by atoms with Crippen molar-refractivity contribution in [3.05, 3.63) is 22.7 Å². The zero-order valence-electron chi connectivity index (χ0n) is 11.9. The van der Waals surface area contributed by atoms with Crippen molar-refractivity contribution in [3.63, 3.8) is 0 Å². The quantitative estimate of drug-likeness (QED) is 0.864. The smallest absolute Gasteiger partial charge is 0.142 e. The Morgan fingerprint density at radius 3 is 2.85 bits per heavy atom. The molecule has 5 unspecified atom stereocenters. The topological polar surface area (TPSA) is 21.3 Å². The second-order valence-corrected chi connectivity index (χ2v) is 7.67. The van der Waals surface area contributed by atoms with E-state index in [0.29, 0.717) is 6.04 Å². The van der Waals surface area contributed by atoms with Gasteiger partial charge in [0.05, 0.1) is 12.8 Å². The zero-order valence-corrected chi connectivity index (χ0v) is 13.5. The molecule has 1 N–H and O–H groups in total. The number of benzene rings is 1. The first kappa shape index (κ1) is 13.0. The Bertz CT molecular complexity index is 518. The molecule has 3 aliphatic rings. The average molecular weight is 336 g/mol. The van der Waals surface area contributed by atoms with Crippen molar-refractivity contribution >= 4 is 21.6 Å². The molecule has 3 fully saturated rings. The predicted molar refractivity (Wildman–Crippen MR) is 85.1 cm³/mol. The lowest BCUT2D eigenvalue weighted by Gasteiger charge is -2.33. The Morgan fingerprint density at radius 1 is 1.15 bits per heavy atom. The highest BCUT2D eigenvalue weighted by Crippen LogP contribution is 2.59. The van der Waals surface area contributed by atoms with Crippen molar-refractivity contribution in [3.8, 4) is 5.75 Å². The van der Waals surface area contributed by atoms with Gasteiger partial charge in [0, 0.05) is 10.5 Å². The third-order valence-corrected chi connectivity index (χ3v) is 6.42. The maximum atomic E-state index is 5.49. The van der Waals surface area contributed by atoms with E-state index in [0.717, 1.165) is 39.6 Å². The highest BCUT2D eigenvalue weighted by atomic mass is 79.9. The van der Waals surface area contributed by atoms with E-state index in [4.69, 9.17) is 4.74 Å². The standard InChI is InChI=1S/C17H22BrNO/c1-20-17-6-5-11(18)9-16(17)19-15-8-10-7-14(15)13-4-2-3-12(10)13/h5-6,9-10,12-15,19H,2-4,7-8H2,1H3. The van der Waals surface area contributed by atoms with Crippen LogP contribution in [0.5, 0.6) is 5.75 Å². The zero-order chi connectivity index (χ0) is 13.7. The monoisotopic (exact) mass is 335 g/mol. The summed E-state index contributed by atoms with van der Waals surface area (Å²) in [7, 11) is 1.75. The fraction of sp³-hybridized carbons (Fsp3) is 0.647. The van der Waals surface area contributed by atoms with E-state index >= 15 is 0 Å². The lowest BCUT2D eigenvalue weighted by atomic mass is 9.79. The fourth-order valence-electron chi connectivity index (χ4n) is 5.23. The summed E-state index contributed by atoms with van der Waals surface area (Å²) in [6.07, 6.45) is 7.26. The number of anilines is 1. The van der Waals surface area contributed by atoms with Crippen molar-refractivity contribution in [2.24, 2.45) is 23.7 Å². The van der Waals surface area contributed by atoms with Gasteiger partial charge in [-0.05, 0) is 67.6 Å². The molecule has 0 heterocycles. The van der Waals surface area contributed by atoms with Gasteiger partial charge in [0.25, 0.3) is 0 Å². The largest absolute Gasteiger partial charge is 0.495 e. The van der Waals surface area contributed by atoms with E-state index < -0.39 is 0 Å². The Morgan fingerprint density at radius 2 is 2.00 bits per heavy atom. The predicted octanol–water partition coefficient (Wildman–Crippen LogP) is 4.69. The van der Waals surface area contributed by atoms with Crippen LogP contribution in [0.4, 0.5) is 5.69 Å². The van der Waals surface area contributed by atoms with Crippen molar-refractivity contribution in [2.45, 2.75) is 38.1 Å². The van der Waals surface area contributed by atoms with Gasteiger partial charge in [-0.2, -0.15) is 0 Å². The number of hydrogen-bond acceptors (Lipinski definition) is 2. The lowest BCUT2D eigenvalue weighted by molar-refractivity contribution is 0.243. The van der Waals surface area contributed by atoms with Crippen LogP contribution in [0.1, 0.15) is 32.1 Å². The number of rotatable bonds is 3. The highest BCUT2D eigenvalue weighted by molar-refractivity contribution is 9.10. The van der Waals surface area contributed by atoms with E-state index in [1.807, 2.05) is 12.1 Å². The summed E-state index contributed by atoms with van der Waals surface area (Å²) in [6, 6.07) is 6.88. The molecule has 0 aromatic heterocycles. The first-order chi connectivity index (χ1) is 9.76. The van der Waals surface area contributed by atoms with Crippen LogP contribution in [0, 0.1) is 23.7 Å². The molecule has 5 atom stereocenters. The fourth-order valence-corrected chi connectivity index (χ4v) is 5.59. The first-order valence-corrected chi connectivity index (χ1v) is 8.65. The summed E-state index contributed by atoms with van der Waals surface area (Å²) in [6.45, 7) is 0. The van der Waals surface area contributed by atoms with Gasteiger partial charge >= 0.3 is 0 Å². The summed E-state index contributed by atoms with van der Waals surface area (Å²) >= 11 is 3.57. The molecule has 3 saturated carbocycles. The number of fused-ring (bicyclic) bond motifs is 5. The van der Waals surface area contributed by atoms with Crippen molar-refractivity contribution in [1.82, 2.24) is 0 Å². The van der Waals surface area contributed by atoms with E-state index in [2.05, 4.69) is 27.3 Å². The molecule has 3 aliphatic carbocycles. The number of ether oxygens (including phenoxy) is 1. The van der Waals surface area contributed by atoms with E-state index in [9.17, 15) is 0 Å². The van der Waals surface area contributed by atoms with Gasteiger partial charge in [-0.3, -0.25) is 0 Å². The van der Waals surface area contributed by atoms with Gasteiger partial charge in [-0.15, -0.1) is 0 Å². The number of hydrogen-bond donors (Lipinski definition) is 1. The number of methoxy groups -OCH3 is 1. The van der Waals surface area contributed by atoms with Gasteiger partial charge in [-0.1, -0.05) is 22.4 Å². The molecule has 0 aliphatic heterocycles. The summed E-state index contributed by atoms with van der Waals surface area (Å²) in [5, 5.41) is 3.79. The second-order valence-electron chi connectivity index (χ2n) is 6.75. The molecule has 0 spiro atoms. The molecule has 1 aromatic rings. The first-order valence-electron chi connectivity index (χ1n) is 7.86. The number of nitrogens with one attached hydrogen (secondary N) is 1. The van der Waals surface area contributed by atoms with Gasteiger partial charge in [0.1, 0.15) is 5.75 Å². The van der Waals surface area contributed by atoms with Gasteiger partial charge < -0.3 is 10.1 Å². The minimum Gasteiger partial charge on any atom is -0.495 e. The minimum atomic E-state index is 0.655. The molecule has 3 heteroatoms. The summed E-state index contributed by atoms with van der Waals surface area (Å²) in [5.74, 6) is 4.91. The molecule has 4 rings (SSSR count). The Hall–Kier alpha value is -0.700. The minimum absolute atomic E-state index is 0.655. The summed E-state index contributed by atoms with van der Waals surface area (Å²) < 4.78 is 6.61. The maximum absolute atomic E-state index is 5.49. The van der Waals surface area contributed by atoms with Crippen molar-refractivity contribution in [2.75, 3.05) is 12.4 Å². The Kier molecular flexibility index (Phi) is 3.21. The Balaban J connectivity index is 1.54. The van der Waals surface area contributed by atoms with Crippen molar-refractivity contribution in [1.29, 1.82) is 0 Å². The van der Waals surface area contributed by atoms with E-state index in [1.165, 1.54) is 32.1 Å². The average Bonchev–Trinajstić information content (AvgIpc) is 3.10. The maximum Gasteiger partial charge on any atom is 0.142 e. The molecular weight excluding hydrogens is 314 g/mol. The molecule has 20 heavy (non-hydrogen) atoms. The van der Waals surface area contributed by atoms with E-state index in [-0.39, 0.29) is 0 Å². The van der Waals surface area contributed by atoms with Crippen LogP contribution in [0.15, 0.2) is 22.7 Å². The van der Waals surface area contributed by atoms with Gasteiger partial charge in [0.15, 0.2) is 0 Å². The molecule has 2 bridgehead atoms. The SMILES string of the molecule is COc1ccc(Br)cc1NC1CC2CC1C1CCCC21. The summed E-state index contributed by atoms with van der Waals surface area (Å²) in [5.41, 5.74) is 1.15. The summed E-state index contributed by atoms with van der Waals surface area (Å²) in [4.78, 5) is 0. The Labute approximate surface area is 129 Å². The molecule has 0 saturated heterocycles. The molecule has 1 aromatic carbocycles. The molecular formula is C17H22BrNO. The van der Waals surface area contributed by atoms with E-state index in [1.54, 1.807) is 7.11 Å². The third kappa shape index (κ3) is 1.97. The molecule has 108 valence electrons. The van der Waals surface area contributed by atoms with Crippen molar-refractivity contribution < 1.29 is 4.74 Å². The van der Waals surface area contributed by atoms with Gasteiger partial charge in [0.2, 0.25) is 0 Å².